The van der Waals surface area contributed by atoms with Crippen molar-refractivity contribution in [3.8, 4) is 5.75 Å². The third kappa shape index (κ3) is 3.73. The van der Waals surface area contributed by atoms with Gasteiger partial charge in [-0.3, -0.25) is 4.72 Å². The number of hydrogen-bond acceptors (Lipinski definition) is 4. The Labute approximate surface area is 166 Å². The number of halogens is 2. The van der Waals surface area contributed by atoms with Gasteiger partial charge in [-0.25, -0.2) is 8.42 Å². The van der Waals surface area contributed by atoms with Gasteiger partial charge in [0.15, 0.2) is 0 Å². The number of benzene rings is 2. The van der Waals surface area contributed by atoms with Crippen molar-refractivity contribution < 1.29 is 17.9 Å². The van der Waals surface area contributed by atoms with Crippen LogP contribution in [0.15, 0.2) is 47.5 Å². The molecule has 0 unspecified atom stereocenters. The van der Waals surface area contributed by atoms with E-state index in [1.54, 1.807) is 30.5 Å². The molecule has 6 nitrogen and oxygen atoms in total. The molecule has 0 amide bonds. The summed E-state index contributed by atoms with van der Waals surface area (Å²) in [5.41, 5.74) is 0.894. The number of aromatic amines is 1. The minimum Gasteiger partial charge on any atom is -0.493 e. The molecule has 1 aliphatic rings. The van der Waals surface area contributed by atoms with Gasteiger partial charge in [0.25, 0.3) is 10.0 Å². The zero-order chi connectivity index (χ0) is 19.0. The van der Waals surface area contributed by atoms with E-state index >= 15 is 0 Å². The highest BCUT2D eigenvalue weighted by Crippen LogP contribution is 2.35. The lowest BCUT2D eigenvalue weighted by molar-refractivity contribution is -0.0508. The molecule has 4 rings (SSSR count). The van der Waals surface area contributed by atoms with Crippen molar-refractivity contribution in [1.29, 1.82) is 0 Å². The minimum absolute atomic E-state index is 0.127. The Bertz CT molecular complexity index is 1080. The summed E-state index contributed by atoms with van der Waals surface area (Å²) in [7, 11) is -3.78. The molecule has 0 aliphatic carbocycles. The smallest absolute Gasteiger partial charge is 0.261 e. The van der Waals surface area contributed by atoms with Gasteiger partial charge in [0.2, 0.25) is 0 Å². The molecule has 2 heterocycles. The normalized spacial score (nSPS) is 14.9. The van der Waals surface area contributed by atoms with E-state index in [1.165, 1.54) is 12.1 Å². The summed E-state index contributed by atoms with van der Waals surface area (Å²) in [4.78, 5) is 3.07. The van der Waals surface area contributed by atoms with Crippen LogP contribution in [0.1, 0.15) is 0 Å². The number of H-pyrrole nitrogens is 1. The van der Waals surface area contributed by atoms with E-state index in [1.807, 2.05) is 0 Å². The predicted molar refractivity (Wildman–Crippen MR) is 105 cm³/mol. The van der Waals surface area contributed by atoms with Gasteiger partial charge in [-0.1, -0.05) is 23.2 Å². The van der Waals surface area contributed by atoms with Gasteiger partial charge in [0.05, 0.1) is 46.0 Å². The van der Waals surface area contributed by atoms with Crippen molar-refractivity contribution in [3.05, 3.63) is 52.6 Å². The molecule has 0 bridgehead atoms. The number of rotatable bonds is 6. The first kappa shape index (κ1) is 18.4. The molecule has 1 aliphatic heterocycles. The molecule has 1 saturated heterocycles. The van der Waals surface area contributed by atoms with E-state index in [0.717, 1.165) is 0 Å². The van der Waals surface area contributed by atoms with Crippen LogP contribution in [0.2, 0.25) is 10.0 Å². The van der Waals surface area contributed by atoms with Gasteiger partial charge >= 0.3 is 0 Å². The lowest BCUT2D eigenvalue weighted by atomic mass is 10.1. The van der Waals surface area contributed by atoms with Crippen LogP contribution in [0, 0.1) is 5.92 Å². The molecule has 2 N–H and O–H groups in total. The fourth-order valence-corrected chi connectivity index (χ4v) is 4.40. The summed E-state index contributed by atoms with van der Waals surface area (Å²) in [5.74, 6) is 1.01. The van der Waals surface area contributed by atoms with Gasteiger partial charge < -0.3 is 14.5 Å². The molecule has 1 fully saturated rings. The standard InChI is InChI=1S/C18H16Cl2N2O4S/c19-14-5-6-16(18-17(14)15(20)7-21-18)22-27(23,24)13-3-1-12(2-4-13)26-10-11-8-25-9-11/h1-7,11,21-22H,8-10H2. The Morgan fingerprint density at radius 2 is 1.85 bits per heavy atom. The number of ether oxygens (including phenoxy) is 2. The summed E-state index contributed by atoms with van der Waals surface area (Å²) in [6, 6.07) is 9.47. The van der Waals surface area contributed by atoms with Gasteiger partial charge in [-0.15, -0.1) is 0 Å². The fourth-order valence-electron chi connectivity index (χ4n) is 2.77. The number of anilines is 1. The second kappa shape index (κ2) is 7.24. The molecule has 0 saturated carbocycles. The van der Waals surface area contributed by atoms with E-state index in [0.29, 0.717) is 58.1 Å². The summed E-state index contributed by atoms with van der Waals surface area (Å²) in [6.07, 6.45) is 1.56. The Hall–Kier alpha value is -1.93. The maximum absolute atomic E-state index is 12.7. The van der Waals surface area contributed by atoms with E-state index < -0.39 is 10.0 Å². The molecule has 2 aromatic carbocycles. The molecule has 9 heteroatoms. The fraction of sp³-hybridized carbons (Fsp3) is 0.222. The van der Waals surface area contributed by atoms with Crippen molar-refractivity contribution in [3.63, 3.8) is 0 Å². The van der Waals surface area contributed by atoms with Crippen LogP contribution in [0.4, 0.5) is 5.69 Å². The van der Waals surface area contributed by atoms with Gasteiger partial charge in [0.1, 0.15) is 5.75 Å². The van der Waals surface area contributed by atoms with Crippen LogP contribution in [0.25, 0.3) is 10.9 Å². The highest BCUT2D eigenvalue weighted by atomic mass is 35.5. The number of fused-ring (bicyclic) bond motifs is 1. The first-order valence-corrected chi connectivity index (χ1v) is 10.5. The van der Waals surface area contributed by atoms with Crippen LogP contribution < -0.4 is 9.46 Å². The SMILES string of the molecule is O=S(=O)(Nc1ccc(Cl)c2c(Cl)c[nH]c12)c1ccc(OCC2COC2)cc1. The molecular formula is C18H16Cl2N2O4S. The van der Waals surface area contributed by atoms with E-state index in [-0.39, 0.29) is 4.90 Å². The highest BCUT2D eigenvalue weighted by Gasteiger charge is 2.20. The second-order valence-electron chi connectivity index (χ2n) is 6.27. The van der Waals surface area contributed by atoms with Crippen molar-refractivity contribution in [2.75, 3.05) is 24.5 Å². The summed E-state index contributed by atoms with van der Waals surface area (Å²) in [6.45, 7) is 1.96. The molecule has 1 aromatic heterocycles. The number of sulfonamides is 1. The molecule has 0 atom stereocenters. The minimum atomic E-state index is -3.78. The van der Waals surface area contributed by atoms with Crippen LogP contribution in [0.3, 0.4) is 0 Å². The Morgan fingerprint density at radius 1 is 1.11 bits per heavy atom. The van der Waals surface area contributed by atoms with Gasteiger partial charge in [-0.2, -0.15) is 0 Å². The van der Waals surface area contributed by atoms with Crippen LogP contribution >= 0.6 is 23.2 Å². The second-order valence-corrected chi connectivity index (χ2v) is 8.77. The topological polar surface area (TPSA) is 80.4 Å². The van der Waals surface area contributed by atoms with Crippen LogP contribution in [-0.4, -0.2) is 33.2 Å². The average Bonchev–Trinajstić information content (AvgIpc) is 2.99. The summed E-state index contributed by atoms with van der Waals surface area (Å²) in [5, 5.41) is 1.44. The molecule has 142 valence electrons. The maximum Gasteiger partial charge on any atom is 0.261 e. The maximum atomic E-state index is 12.7. The van der Waals surface area contributed by atoms with Crippen LogP contribution in [-0.2, 0) is 14.8 Å². The Balaban J connectivity index is 1.54. The van der Waals surface area contributed by atoms with Crippen molar-refractivity contribution in [2.45, 2.75) is 4.90 Å². The Morgan fingerprint density at radius 3 is 2.52 bits per heavy atom. The number of aromatic nitrogens is 1. The zero-order valence-corrected chi connectivity index (χ0v) is 16.4. The summed E-state index contributed by atoms with van der Waals surface area (Å²) < 4.78 is 38.8. The van der Waals surface area contributed by atoms with E-state index in [4.69, 9.17) is 32.7 Å². The molecule has 27 heavy (non-hydrogen) atoms. The quantitative estimate of drug-likeness (QED) is 0.615. The van der Waals surface area contributed by atoms with Gasteiger partial charge in [-0.05, 0) is 36.4 Å². The van der Waals surface area contributed by atoms with Crippen molar-refractivity contribution >= 4 is 49.8 Å². The van der Waals surface area contributed by atoms with E-state index in [9.17, 15) is 8.42 Å². The first-order valence-electron chi connectivity index (χ1n) is 8.22. The third-order valence-corrected chi connectivity index (χ3v) is 6.30. The molecule has 3 aromatic rings. The predicted octanol–water partition coefficient (Wildman–Crippen LogP) is 4.30. The largest absolute Gasteiger partial charge is 0.493 e. The summed E-state index contributed by atoms with van der Waals surface area (Å²) >= 11 is 12.3. The molecular weight excluding hydrogens is 411 g/mol. The average molecular weight is 427 g/mol. The highest BCUT2D eigenvalue weighted by molar-refractivity contribution is 7.92. The van der Waals surface area contributed by atoms with Gasteiger partial charge in [0, 0.05) is 17.5 Å². The monoisotopic (exact) mass is 426 g/mol. The lowest BCUT2D eigenvalue weighted by Gasteiger charge is -2.25. The van der Waals surface area contributed by atoms with E-state index in [2.05, 4.69) is 9.71 Å². The number of hydrogen-bond donors (Lipinski definition) is 2. The zero-order valence-electron chi connectivity index (χ0n) is 14.0. The lowest BCUT2D eigenvalue weighted by Crippen LogP contribution is -2.32. The molecule has 0 spiro atoms. The first-order chi connectivity index (χ1) is 12.9. The van der Waals surface area contributed by atoms with Crippen LogP contribution in [0.5, 0.6) is 5.75 Å². The molecule has 0 radical (unpaired) electrons. The van der Waals surface area contributed by atoms with Crippen molar-refractivity contribution in [2.24, 2.45) is 5.92 Å². The third-order valence-electron chi connectivity index (χ3n) is 4.31. The van der Waals surface area contributed by atoms with Crippen molar-refractivity contribution in [1.82, 2.24) is 4.98 Å². The Kier molecular flexibility index (Phi) is 4.94. The number of nitrogens with one attached hydrogen (secondary N) is 2.